The second-order valence-corrected chi connectivity index (χ2v) is 4.15. The highest BCUT2D eigenvalue weighted by molar-refractivity contribution is 5.89. The Morgan fingerprint density at radius 1 is 1.42 bits per heavy atom. The number of nitrogens with zero attached hydrogens (tertiary/aromatic N) is 2. The maximum atomic E-state index is 10.9. The van der Waals surface area contributed by atoms with E-state index >= 15 is 0 Å². The Hall–Kier alpha value is -2.37. The molecular weight excluding hydrogens is 248 g/mol. The Morgan fingerprint density at radius 3 is 2.89 bits per heavy atom. The third kappa shape index (κ3) is 2.90. The van der Waals surface area contributed by atoms with Gasteiger partial charge >= 0.3 is 5.97 Å². The minimum Gasteiger partial charge on any atom is -0.507 e. The van der Waals surface area contributed by atoms with Crippen molar-refractivity contribution in [1.82, 2.24) is 10.1 Å². The molecule has 2 N–H and O–H groups in total. The molecule has 6 nitrogen and oxygen atoms in total. The average molecular weight is 262 g/mol. The van der Waals surface area contributed by atoms with Crippen LogP contribution >= 0.6 is 0 Å². The van der Waals surface area contributed by atoms with Gasteiger partial charge in [-0.25, -0.2) is 4.79 Å². The highest BCUT2D eigenvalue weighted by Crippen LogP contribution is 2.28. The van der Waals surface area contributed by atoms with Gasteiger partial charge in [-0.05, 0) is 24.6 Å². The number of hydrogen-bond acceptors (Lipinski definition) is 5. The molecule has 0 amide bonds. The van der Waals surface area contributed by atoms with Gasteiger partial charge in [0.1, 0.15) is 5.75 Å². The third-order valence-electron chi connectivity index (χ3n) is 2.70. The van der Waals surface area contributed by atoms with Crippen molar-refractivity contribution in [3.8, 4) is 17.1 Å². The lowest BCUT2D eigenvalue weighted by Crippen LogP contribution is -1.96. The summed E-state index contributed by atoms with van der Waals surface area (Å²) in [5.41, 5.74) is 0.319. The number of carbonyl (C=O) groups is 1. The fourth-order valence-corrected chi connectivity index (χ4v) is 1.64. The van der Waals surface area contributed by atoms with Crippen molar-refractivity contribution in [3.05, 3.63) is 29.7 Å². The standard InChI is InChI=1S/C13H14N2O4/c1-2-3-4-11-14-12(15-19-11)9-7-8(13(17)18)5-6-10(9)16/h5-7,16H,2-4H2,1H3,(H,17,18). The Balaban J connectivity index is 2.32. The Bertz CT molecular complexity index is 592. The third-order valence-corrected chi connectivity index (χ3v) is 2.70. The van der Waals surface area contributed by atoms with E-state index in [0.29, 0.717) is 12.3 Å². The van der Waals surface area contributed by atoms with E-state index in [4.69, 9.17) is 9.63 Å². The van der Waals surface area contributed by atoms with E-state index in [1.165, 1.54) is 18.2 Å². The molecule has 100 valence electrons. The molecule has 0 saturated heterocycles. The fraction of sp³-hybridized carbons (Fsp3) is 0.308. The Kier molecular flexibility index (Phi) is 3.79. The molecule has 0 aliphatic heterocycles. The number of carboxylic acid groups (broad SMARTS) is 1. The van der Waals surface area contributed by atoms with Crippen LogP contribution in [0.3, 0.4) is 0 Å². The van der Waals surface area contributed by atoms with Crippen LogP contribution in [0, 0.1) is 0 Å². The van der Waals surface area contributed by atoms with Gasteiger partial charge in [0.2, 0.25) is 11.7 Å². The topological polar surface area (TPSA) is 96.5 Å². The number of hydrogen-bond donors (Lipinski definition) is 2. The van der Waals surface area contributed by atoms with Gasteiger partial charge in [0, 0.05) is 6.42 Å². The summed E-state index contributed by atoms with van der Waals surface area (Å²) in [5, 5.41) is 22.4. The van der Waals surface area contributed by atoms with Crippen LogP contribution in [0.15, 0.2) is 22.7 Å². The van der Waals surface area contributed by atoms with Crippen LogP contribution in [0.1, 0.15) is 36.0 Å². The van der Waals surface area contributed by atoms with E-state index in [1.54, 1.807) is 0 Å². The number of carboxylic acids is 1. The van der Waals surface area contributed by atoms with Crippen LogP contribution in [0.4, 0.5) is 0 Å². The van der Waals surface area contributed by atoms with Gasteiger partial charge in [-0.2, -0.15) is 4.98 Å². The Morgan fingerprint density at radius 2 is 2.21 bits per heavy atom. The molecule has 0 fully saturated rings. The predicted octanol–water partition coefficient (Wildman–Crippen LogP) is 2.48. The number of aromatic carboxylic acids is 1. The van der Waals surface area contributed by atoms with Crippen molar-refractivity contribution in [2.24, 2.45) is 0 Å². The van der Waals surface area contributed by atoms with Crippen LogP contribution in [0.2, 0.25) is 0 Å². The summed E-state index contributed by atoms with van der Waals surface area (Å²) in [6.07, 6.45) is 2.61. The molecule has 0 spiro atoms. The molecule has 0 aliphatic carbocycles. The van der Waals surface area contributed by atoms with Crippen molar-refractivity contribution in [2.45, 2.75) is 26.2 Å². The summed E-state index contributed by atoms with van der Waals surface area (Å²) >= 11 is 0. The van der Waals surface area contributed by atoms with Crippen molar-refractivity contribution in [3.63, 3.8) is 0 Å². The number of aromatic hydroxyl groups is 1. The first-order valence-electron chi connectivity index (χ1n) is 6.01. The first-order valence-corrected chi connectivity index (χ1v) is 6.01. The highest BCUT2D eigenvalue weighted by Gasteiger charge is 2.15. The summed E-state index contributed by atoms with van der Waals surface area (Å²) in [4.78, 5) is 15.0. The first kappa shape index (κ1) is 13.1. The predicted molar refractivity (Wildman–Crippen MR) is 67.0 cm³/mol. The number of rotatable bonds is 5. The van der Waals surface area contributed by atoms with E-state index < -0.39 is 5.97 Å². The average Bonchev–Trinajstić information content (AvgIpc) is 2.85. The zero-order valence-corrected chi connectivity index (χ0v) is 10.5. The van der Waals surface area contributed by atoms with Crippen molar-refractivity contribution in [2.75, 3.05) is 0 Å². The van der Waals surface area contributed by atoms with Crippen molar-refractivity contribution < 1.29 is 19.5 Å². The second kappa shape index (κ2) is 5.51. The van der Waals surface area contributed by atoms with Gasteiger partial charge in [0.15, 0.2) is 0 Å². The molecule has 0 saturated carbocycles. The number of unbranched alkanes of at least 4 members (excludes halogenated alkanes) is 1. The van der Waals surface area contributed by atoms with Crippen LogP contribution in [-0.4, -0.2) is 26.3 Å². The zero-order chi connectivity index (χ0) is 13.8. The fourth-order valence-electron chi connectivity index (χ4n) is 1.64. The summed E-state index contributed by atoms with van der Waals surface area (Å²) < 4.78 is 5.06. The summed E-state index contributed by atoms with van der Waals surface area (Å²) in [7, 11) is 0. The molecule has 2 aromatic rings. The molecule has 6 heteroatoms. The molecule has 0 bridgehead atoms. The first-order chi connectivity index (χ1) is 9.11. The van der Waals surface area contributed by atoms with Crippen molar-refractivity contribution >= 4 is 5.97 Å². The van der Waals surface area contributed by atoms with Gasteiger partial charge in [-0.1, -0.05) is 18.5 Å². The summed E-state index contributed by atoms with van der Waals surface area (Å²) in [6.45, 7) is 2.06. The number of aryl methyl sites for hydroxylation is 1. The molecule has 1 aromatic heterocycles. The minimum atomic E-state index is -1.07. The molecule has 0 aliphatic rings. The van der Waals surface area contributed by atoms with Crippen LogP contribution in [-0.2, 0) is 6.42 Å². The van der Waals surface area contributed by atoms with E-state index in [-0.39, 0.29) is 22.7 Å². The molecule has 1 aromatic carbocycles. The molecule has 2 rings (SSSR count). The number of phenols is 1. The Labute approximate surface area is 109 Å². The van der Waals surface area contributed by atoms with Gasteiger partial charge in [-0.15, -0.1) is 0 Å². The zero-order valence-electron chi connectivity index (χ0n) is 10.5. The van der Waals surface area contributed by atoms with Crippen LogP contribution in [0.25, 0.3) is 11.4 Å². The molecule has 0 unspecified atom stereocenters. The van der Waals surface area contributed by atoms with E-state index in [1.807, 2.05) is 0 Å². The van der Waals surface area contributed by atoms with Gasteiger partial charge in [0.05, 0.1) is 11.1 Å². The quantitative estimate of drug-likeness (QED) is 0.859. The lowest BCUT2D eigenvalue weighted by atomic mass is 10.1. The van der Waals surface area contributed by atoms with E-state index in [9.17, 15) is 9.90 Å². The van der Waals surface area contributed by atoms with Crippen molar-refractivity contribution in [1.29, 1.82) is 0 Å². The number of benzene rings is 1. The number of phenolic OH excluding ortho intramolecular Hbond substituents is 1. The summed E-state index contributed by atoms with van der Waals surface area (Å²) in [5.74, 6) is -0.465. The normalized spacial score (nSPS) is 10.6. The smallest absolute Gasteiger partial charge is 0.335 e. The maximum Gasteiger partial charge on any atom is 0.335 e. The summed E-state index contributed by atoms with van der Waals surface area (Å²) in [6, 6.07) is 3.95. The SMILES string of the molecule is CCCCc1nc(-c2cc(C(=O)O)ccc2O)no1. The molecule has 19 heavy (non-hydrogen) atoms. The lowest BCUT2D eigenvalue weighted by Gasteiger charge is -2.01. The molecule has 1 heterocycles. The van der Waals surface area contributed by atoms with Gasteiger partial charge in [-0.3, -0.25) is 0 Å². The number of aromatic nitrogens is 2. The van der Waals surface area contributed by atoms with Gasteiger partial charge in [0.25, 0.3) is 0 Å². The monoisotopic (exact) mass is 262 g/mol. The van der Waals surface area contributed by atoms with E-state index in [2.05, 4.69) is 17.1 Å². The van der Waals surface area contributed by atoms with E-state index in [0.717, 1.165) is 12.8 Å². The second-order valence-electron chi connectivity index (χ2n) is 4.15. The lowest BCUT2D eigenvalue weighted by molar-refractivity contribution is 0.0697. The molecule has 0 radical (unpaired) electrons. The highest BCUT2D eigenvalue weighted by atomic mass is 16.5. The van der Waals surface area contributed by atoms with Crippen LogP contribution < -0.4 is 0 Å². The maximum absolute atomic E-state index is 10.9. The van der Waals surface area contributed by atoms with Gasteiger partial charge < -0.3 is 14.7 Å². The molecular formula is C13H14N2O4. The van der Waals surface area contributed by atoms with Crippen LogP contribution in [0.5, 0.6) is 5.75 Å². The largest absolute Gasteiger partial charge is 0.507 e. The minimum absolute atomic E-state index is 0.0627. The molecule has 0 atom stereocenters.